The van der Waals surface area contributed by atoms with Crippen molar-refractivity contribution in [3.63, 3.8) is 0 Å². The van der Waals surface area contributed by atoms with E-state index in [2.05, 4.69) is 10.0 Å². The summed E-state index contributed by atoms with van der Waals surface area (Å²) in [4.78, 5) is 12.4. The van der Waals surface area contributed by atoms with Crippen molar-refractivity contribution in [1.82, 2.24) is 4.72 Å². The summed E-state index contributed by atoms with van der Waals surface area (Å²) in [6.45, 7) is 2.28. The van der Waals surface area contributed by atoms with Gasteiger partial charge in [0.25, 0.3) is 0 Å². The second-order valence-electron chi connectivity index (χ2n) is 6.31. The highest BCUT2D eigenvalue weighted by molar-refractivity contribution is 7.89. The lowest BCUT2D eigenvalue weighted by atomic mass is 10.0. The number of fused-ring (bicyclic) bond motifs is 1. The third-order valence-corrected chi connectivity index (χ3v) is 5.69. The summed E-state index contributed by atoms with van der Waals surface area (Å²) >= 11 is 0. The lowest BCUT2D eigenvalue weighted by Gasteiger charge is -2.07. The zero-order chi connectivity index (χ0) is 20.0. The van der Waals surface area contributed by atoms with Crippen molar-refractivity contribution in [2.45, 2.75) is 18.2 Å². The molecular formula is C22H22N2O3S. The number of hydrogen-bond acceptors (Lipinski definition) is 3. The van der Waals surface area contributed by atoms with Gasteiger partial charge in [-0.3, -0.25) is 4.79 Å². The van der Waals surface area contributed by atoms with E-state index in [0.717, 1.165) is 22.8 Å². The van der Waals surface area contributed by atoms with Crippen LogP contribution in [0.5, 0.6) is 0 Å². The lowest BCUT2D eigenvalue weighted by molar-refractivity contribution is -0.111. The molecule has 0 fully saturated rings. The minimum atomic E-state index is -3.51. The zero-order valence-corrected chi connectivity index (χ0v) is 16.4. The number of benzene rings is 3. The second-order valence-corrected chi connectivity index (χ2v) is 8.08. The maximum absolute atomic E-state index is 12.2. The van der Waals surface area contributed by atoms with Crippen molar-refractivity contribution < 1.29 is 13.2 Å². The number of nitrogens with one attached hydrogen (secondary N) is 2. The molecule has 3 rings (SSSR count). The van der Waals surface area contributed by atoms with E-state index in [-0.39, 0.29) is 10.8 Å². The first-order chi connectivity index (χ1) is 13.5. The van der Waals surface area contributed by atoms with Crippen molar-refractivity contribution in [3.05, 3.63) is 78.4 Å². The Balaban J connectivity index is 1.69. The highest BCUT2D eigenvalue weighted by atomic mass is 32.2. The maximum atomic E-state index is 12.2. The van der Waals surface area contributed by atoms with Gasteiger partial charge in [0.05, 0.1) is 4.90 Å². The molecule has 6 heteroatoms. The third-order valence-electron chi connectivity index (χ3n) is 4.21. The Morgan fingerprint density at radius 1 is 0.964 bits per heavy atom. The molecule has 3 aromatic rings. The molecule has 0 aromatic heterocycles. The topological polar surface area (TPSA) is 75.3 Å². The average molecular weight is 394 g/mol. The summed E-state index contributed by atoms with van der Waals surface area (Å²) in [6.07, 6.45) is 3.96. The first-order valence-corrected chi connectivity index (χ1v) is 10.5. The highest BCUT2D eigenvalue weighted by Gasteiger charge is 2.12. The number of carbonyl (C=O) groups is 1. The van der Waals surface area contributed by atoms with Crippen LogP contribution in [0.15, 0.2) is 77.7 Å². The second kappa shape index (κ2) is 8.82. The van der Waals surface area contributed by atoms with Crippen LogP contribution in [0.25, 0.3) is 16.8 Å². The first-order valence-electron chi connectivity index (χ1n) is 9.06. The first kappa shape index (κ1) is 19.8. The maximum Gasteiger partial charge on any atom is 0.248 e. The molecule has 1 amide bonds. The minimum absolute atomic E-state index is 0.172. The van der Waals surface area contributed by atoms with Gasteiger partial charge >= 0.3 is 0 Å². The molecular weight excluding hydrogens is 372 g/mol. The number of anilines is 1. The average Bonchev–Trinajstić information content (AvgIpc) is 2.71. The van der Waals surface area contributed by atoms with Crippen LogP contribution in [0.2, 0.25) is 0 Å². The minimum Gasteiger partial charge on any atom is -0.323 e. The van der Waals surface area contributed by atoms with Gasteiger partial charge in [0.15, 0.2) is 0 Å². The van der Waals surface area contributed by atoms with Gasteiger partial charge in [-0.25, -0.2) is 13.1 Å². The molecule has 0 radical (unpaired) electrons. The Hall–Kier alpha value is -2.96. The lowest BCUT2D eigenvalue weighted by Crippen LogP contribution is -2.24. The molecule has 0 bridgehead atoms. The van der Waals surface area contributed by atoms with E-state index < -0.39 is 10.0 Å². The predicted molar refractivity (Wildman–Crippen MR) is 114 cm³/mol. The van der Waals surface area contributed by atoms with Gasteiger partial charge < -0.3 is 5.32 Å². The molecule has 144 valence electrons. The van der Waals surface area contributed by atoms with Gasteiger partial charge in [0.1, 0.15) is 0 Å². The normalized spacial score (nSPS) is 11.8. The van der Waals surface area contributed by atoms with Gasteiger partial charge in [0, 0.05) is 18.3 Å². The molecule has 0 unspecified atom stereocenters. The van der Waals surface area contributed by atoms with Crippen LogP contribution in [0.1, 0.15) is 18.9 Å². The molecule has 0 saturated carbocycles. The van der Waals surface area contributed by atoms with Crippen LogP contribution in [-0.4, -0.2) is 20.9 Å². The van der Waals surface area contributed by atoms with Gasteiger partial charge in [-0.05, 0) is 53.1 Å². The largest absolute Gasteiger partial charge is 0.323 e. The molecule has 28 heavy (non-hydrogen) atoms. The fourth-order valence-electron chi connectivity index (χ4n) is 2.78. The number of amides is 1. The molecule has 2 N–H and O–H groups in total. The summed E-state index contributed by atoms with van der Waals surface area (Å²) < 4.78 is 26.7. The summed E-state index contributed by atoms with van der Waals surface area (Å²) in [5, 5.41) is 4.92. The molecule has 0 aliphatic rings. The Morgan fingerprint density at radius 3 is 2.43 bits per heavy atom. The van der Waals surface area contributed by atoms with E-state index in [1.165, 1.54) is 18.2 Å². The molecule has 3 aromatic carbocycles. The van der Waals surface area contributed by atoms with Crippen molar-refractivity contribution in [3.8, 4) is 0 Å². The van der Waals surface area contributed by atoms with E-state index >= 15 is 0 Å². The van der Waals surface area contributed by atoms with E-state index in [1.54, 1.807) is 18.2 Å². The summed E-state index contributed by atoms with van der Waals surface area (Å²) in [6, 6.07) is 20.0. The van der Waals surface area contributed by atoms with Crippen molar-refractivity contribution in [2.75, 3.05) is 11.9 Å². The summed E-state index contributed by atoms with van der Waals surface area (Å²) in [5.74, 6) is -0.285. The van der Waals surface area contributed by atoms with Gasteiger partial charge in [-0.15, -0.1) is 0 Å². The van der Waals surface area contributed by atoms with Gasteiger partial charge in [-0.1, -0.05) is 49.4 Å². The molecule has 0 saturated heterocycles. The number of carbonyl (C=O) groups excluding carboxylic acids is 1. The fraction of sp³-hybridized carbons (Fsp3) is 0.136. The Labute approximate surface area is 165 Å². The molecule has 0 aliphatic heterocycles. The van der Waals surface area contributed by atoms with Crippen LogP contribution in [0, 0.1) is 0 Å². The standard InChI is InChI=1S/C22H22N2O3S/c1-2-16-23-28(26,27)20-13-11-19(12-14-20)24-22(25)15-10-18-8-5-7-17-6-3-4-9-21(17)18/h3-15,23H,2,16H2,1H3,(H,24,25)/b15-10-. The van der Waals surface area contributed by atoms with E-state index in [4.69, 9.17) is 0 Å². The number of hydrogen-bond donors (Lipinski definition) is 2. The highest BCUT2D eigenvalue weighted by Crippen LogP contribution is 2.20. The Morgan fingerprint density at radius 2 is 1.68 bits per heavy atom. The Kier molecular flexibility index (Phi) is 6.23. The van der Waals surface area contributed by atoms with Crippen LogP contribution < -0.4 is 10.0 Å². The fourth-order valence-corrected chi connectivity index (χ4v) is 3.92. The van der Waals surface area contributed by atoms with Crippen LogP contribution in [0.4, 0.5) is 5.69 Å². The summed E-state index contributed by atoms with van der Waals surface area (Å²) in [5.41, 5.74) is 1.48. The predicted octanol–water partition coefficient (Wildman–Crippen LogP) is 4.18. The van der Waals surface area contributed by atoms with Gasteiger partial charge in [-0.2, -0.15) is 0 Å². The van der Waals surface area contributed by atoms with Crippen molar-refractivity contribution >= 4 is 38.5 Å². The SMILES string of the molecule is CCCNS(=O)(=O)c1ccc(NC(=O)/C=C\c2cccc3ccccc23)cc1. The molecule has 0 heterocycles. The van der Waals surface area contributed by atoms with E-state index in [0.29, 0.717) is 12.2 Å². The smallest absolute Gasteiger partial charge is 0.248 e. The summed E-state index contributed by atoms with van der Waals surface area (Å²) in [7, 11) is -3.51. The van der Waals surface area contributed by atoms with Crippen LogP contribution >= 0.6 is 0 Å². The van der Waals surface area contributed by atoms with Crippen LogP contribution in [-0.2, 0) is 14.8 Å². The van der Waals surface area contributed by atoms with Crippen molar-refractivity contribution in [2.24, 2.45) is 0 Å². The van der Waals surface area contributed by atoms with Crippen LogP contribution in [0.3, 0.4) is 0 Å². The molecule has 0 aliphatic carbocycles. The number of rotatable bonds is 7. The molecule has 0 atom stereocenters. The third kappa shape index (κ3) is 4.85. The monoisotopic (exact) mass is 394 g/mol. The molecule has 0 spiro atoms. The number of sulfonamides is 1. The van der Waals surface area contributed by atoms with E-state index in [1.807, 2.05) is 49.4 Å². The van der Waals surface area contributed by atoms with Gasteiger partial charge in [0.2, 0.25) is 15.9 Å². The quantitative estimate of drug-likeness (QED) is 0.590. The zero-order valence-electron chi connectivity index (χ0n) is 15.6. The Bertz CT molecular complexity index is 1100. The van der Waals surface area contributed by atoms with E-state index in [9.17, 15) is 13.2 Å². The molecule has 5 nitrogen and oxygen atoms in total. The van der Waals surface area contributed by atoms with Crippen molar-refractivity contribution in [1.29, 1.82) is 0 Å².